The summed E-state index contributed by atoms with van der Waals surface area (Å²) in [4.78, 5) is 0. The van der Waals surface area contributed by atoms with Gasteiger partial charge in [-0.1, -0.05) is 99.6 Å². The zero-order chi connectivity index (χ0) is 15.7. The third-order valence-electron chi connectivity index (χ3n) is 3.24. The van der Waals surface area contributed by atoms with Crippen molar-refractivity contribution >= 4 is 22.9 Å². The van der Waals surface area contributed by atoms with E-state index in [0.29, 0.717) is 0 Å². The van der Waals surface area contributed by atoms with E-state index in [0.717, 1.165) is 0 Å². The van der Waals surface area contributed by atoms with Crippen molar-refractivity contribution < 1.29 is 0 Å². The van der Waals surface area contributed by atoms with Gasteiger partial charge in [0.25, 0.3) is 0 Å². The zero-order valence-corrected chi connectivity index (χ0v) is 13.9. The van der Waals surface area contributed by atoms with Crippen molar-refractivity contribution in [3.63, 3.8) is 0 Å². The molecule has 0 saturated carbocycles. The maximum Gasteiger partial charge on any atom is -0.0146 e. The third-order valence-corrected chi connectivity index (χ3v) is 3.24. The van der Waals surface area contributed by atoms with E-state index in [9.17, 15) is 0 Å². The van der Waals surface area contributed by atoms with Crippen LogP contribution in [-0.4, -0.2) is 0 Å². The Kier molecular flexibility index (Phi) is 19.2. The smallest absolute Gasteiger partial charge is 0.0146 e. The molecule has 0 bridgehead atoms. The van der Waals surface area contributed by atoms with Gasteiger partial charge in [-0.05, 0) is 46.9 Å². The average molecular weight is 317 g/mol. The molecule has 2 aromatic rings. The summed E-state index contributed by atoms with van der Waals surface area (Å²) in [5, 5.41) is 2.61. The lowest BCUT2D eigenvalue weighted by atomic mass is 9.90. The van der Waals surface area contributed by atoms with Crippen LogP contribution in [0.15, 0.2) is 37.4 Å². The molecule has 0 saturated heterocycles. The molecule has 23 heavy (non-hydrogen) atoms. The lowest BCUT2D eigenvalue weighted by Gasteiger charge is -2.14. The minimum absolute atomic E-state index is 0. The molecule has 0 spiro atoms. The highest BCUT2D eigenvalue weighted by Gasteiger charge is 2.09. The quantitative estimate of drug-likeness (QED) is 0.519. The second-order valence-electron chi connectivity index (χ2n) is 4.03. The average Bonchev–Trinajstić information content (AvgIpc) is 2.54. The van der Waals surface area contributed by atoms with Gasteiger partial charge in [0, 0.05) is 0 Å². The maximum atomic E-state index is 3.90. The first-order valence-electron chi connectivity index (χ1n) is 7.47. The fourth-order valence-electron chi connectivity index (χ4n) is 2.36. The van der Waals surface area contributed by atoms with Crippen LogP contribution in [0.25, 0.3) is 22.9 Å². The van der Waals surface area contributed by atoms with Gasteiger partial charge in [-0.3, -0.25) is 0 Å². The van der Waals surface area contributed by atoms with Crippen molar-refractivity contribution in [3.05, 3.63) is 59.7 Å². The van der Waals surface area contributed by atoms with Crippen molar-refractivity contribution in [2.24, 2.45) is 0 Å². The zero-order valence-electron chi connectivity index (χ0n) is 13.9. The second-order valence-corrected chi connectivity index (χ2v) is 4.03. The summed E-state index contributed by atoms with van der Waals surface area (Å²) < 4.78 is 0. The van der Waals surface area contributed by atoms with Gasteiger partial charge in [-0.2, -0.15) is 0 Å². The van der Waals surface area contributed by atoms with Crippen molar-refractivity contribution in [1.29, 1.82) is 0 Å². The molecular formula is C23H40. The second kappa shape index (κ2) is 15.1. The molecule has 0 aliphatic carbocycles. The molecule has 0 unspecified atom stereocenters. The van der Waals surface area contributed by atoms with Crippen molar-refractivity contribution in [3.8, 4) is 0 Å². The van der Waals surface area contributed by atoms with Gasteiger partial charge in [0.05, 0.1) is 0 Å². The summed E-state index contributed by atoms with van der Waals surface area (Å²) >= 11 is 0. The van der Waals surface area contributed by atoms with E-state index in [-0.39, 0.29) is 22.3 Å². The summed E-state index contributed by atoms with van der Waals surface area (Å²) in [5.74, 6) is 0. The van der Waals surface area contributed by atoms with Crippen LogP contribution in [-0.2, 0) is 0 Å². The minimum atomic E-state index is 0. The number of rotatable bonds is 2. The summed E-state index contributed by atoms with van der Waals surface area (Å²) in [6.07, 6.45) is 3.84. The normalized spacial score (nSPS) is 7.74. The van der Waals surface area contributed by atoms with Crippen LogP contribution >= 0.6 is 0 Å². The molecule has 0 heteroatoms. The van der Waals surface area contributed by atoms with E-state index in [1.54, 1.807) is 0 Å². The van der Waals surface area contributed by atoms with E-state index in [1.165, 1.54) is 33.0 Å². The Labute approximate surface area is 147 Å². The van der Waals surface area contributed by atoms with Crippen molar-refractivity contribution in [2.45, 2.75) is 63.8 Å². The highest BCUT2D eigenvalue weighted by molar-refractivity contribution is 5.95. The largest absolute Gasteiger partial charge is 0.0984 e. The lowest BCUT2D eigenvalue weighted by molar-refractivity contribution is 1.41. The van der Waals surface area contributed by atoms with E-state index in [2.05, 4.69) is 51.3 Å². The fourth-order valence-corrected chi connectivity index (χ4v) is 2.36. The molecule has 2 aromatic carbocycles. The molecule has 132 valence electrons. The first kappa shape index (κ1) is 29.2. The number of aryl methyl sites for hydroxylation is 2. The van der Waals surface area contributed by atoms with Crippen LogP contribution in [0.4, 0.5) is 0 Å². The molecule has 0 aromatic heterocycles. The van der Waals surface area contributed by atoms with Gasteiger partial charge in [0.1, 0.15) is 0 Å². The molecular weight excluding hydrogens is 276 g/mol. The van der Waals surface area contributed by atoms with Crippen LogP contribution in [0.1, 0.15) is 72.2 Å². The van der Waals surface area contributed by atoms with Crippen LogP contribution in [0.3, 0.4) is 0 Å². The van der Waals surface area contributed by atoms with Gasteiger partial charge in [0.15, 0.2) is 0 Å². The van der Waals surface area contributed by atoms with Crippen LogP contribution in [0.5, 0.6) is 0 Å². The topological polar surface area (TPSA) is 0 Å². The first-order valence-corrected chi connectivity index (χ1v) is 7.47. The minimum Gasteiger partial charge on any atom is -0.0984 e. The Morgan fingerprint density at radius 3 is 1.13 bits per heavy atom. The third kappa shape index (κ3) is 6.06. The van der Waals surface area contributed by atoms with Crippen LogP contribution < -0.4 is 0 Å². The molecule has 0 amide bonds. The van der Waals surface area contributed by atoms with Gasteiger partial charge in [0.2, 0.25) is 0 Å². The molecule has 0 aliphatic rings. The number of hydrogen-bond acceptors (Lipinski definition) is 0. The van der Waals surface area contributed by atoms with Crippen molar-refractivity contribution in [1.82, 2.24) is 0 Å². The molecule has 0 N–H and O–H groups in total. The molecule has 0 fully saturated rings. The van der Waals surface area contributed by atoms with Gasteiger partial charge < -0.3 is 0 Å². The maximum absolute atomic E-state index is 3.90. The van der Waals surface area contributed by atoms with Gasteiger partial charge in [-0.25, -0.2) is 0 Å². The highest BCUT2D eigenvalue weighted by Crippen LogP contribution is 2.31. The van der Waals surface area contributed by atoms with E-state index >= 15 is 0 Å². The van der Waals surface area contributed by atoms with Gasteiger partial charge in [-0.15, -0.1) is 0 Å². The van der Waals surface area contributed by atoms with Crippen LogP contribution in [0.2, 0.25) is 0 Å². The first-order chi connectivity index (χ1) is 9.70. The summed E-state index contributed by atoms with van der Waals surface area (Å²) in [5.41, 5.74) is 4.97. The highest BCUT2D eigenvalue weighted by atomic mass is 14.1. The molecule has 0 radical (unpaired) electrons. The predicted molar refractivity (Wildman–Crippen MR) is 116 cm³/mol. The molecule has 0 atom stereocenters. The predicted octanol–water partition coefficient (Wildman–Crippen LogP) is 8.70. The summed E-state index contributed by atoms with van der Waals surface area (Å²) in [7, 11) is 0. The molecule has 2 rings (SSSR count). The molecule has 0 heterocycles. The van der Waals surface area contributed by atoms with Crippen LogP contribution in [0, 0.1) is 13.8 Å². The Bertz CT molecular complexity index is 522. The molecule has 0 aliphatic heterocycles. The van der Waals surface area contributed by atoms with Crippen molar-refractivity contribution in [2.75, 3.05) is 0 Å². The number of hydrogen-bond donors (Lipinski definition) is 0. The standard InChI is InChI=1S/C16H16.2C2H6.3CH4/c1-5-13-11(3)15-9-7-8-10-16(15)12(4)14(13)6-2;2*1-2;;;/h5-10H,1-2H2,3-4H3;2*1-2H3;3*1H4. The molecule has 0 nitrogen and oxygen atoms in total. The lowest BCUT2D eigenvalue weighted by Crippen LogP contribution is -1.93. The van der Waals surface area contributed by atoms with E-state index in [1.807, 2.05) is 39.8 Å². The summed E-state index contributed by atoms with van der Waals surface area (Å²) in [6, 6.07) is 8.49. The number of fused-ring (bicyclic) bond motifs is 1. The van der Waals surface area contributed by atoms with E-state index < -0.39 is 0 Å². The monoisotopic (exact) mass is 316 g/mol. The summed E-state index contributed by atoms with van der Waals surface area (Å²) in [6.45, 7) is 20.1. The Morgan fingerprint density at radius 2 is 0.913 bits per heavy atom. The Balaban J connectivity index is -0.000000240. The fraction of sp³-hybridized carbons (Fsp3) is 0.391. The number of benzene rings is 2. The Morgan fingerprint density at radius 1 is 0.652 bits per heavy atom. The van der Waals surface area contributed by atoms with Gasteiger partial charge >= 0.3 is 0 Å². The SMILES string of the molecule is C.C.C.C=Cc1c(C=C)c(C)c2ccccc2c1C.CC.CC. The van der Waals surface area contributed by atoms with E-state index in [4.69, 9.17) is 0 Å². The Hall–Kier alpha value is -1.82.